The number of benzene rings is 1. The van der Waals surface area contributed by atoms with E-state index in [-0.39, 0.29) is 17.3 Å². The highest BCUT2D eigenvalue weighted by atomic mass is 19.1. The molecule has 2 rings (SSSR count). The molecule has 1 aromatic carbocycles. The first-order chi connectivity index (χ1) is 7.89. The molecule has 2 aromatic rings. The van der Waals surface area contributed by atoms with Crippen LogP contribution in [0.15, 0.2) is 22.7 Å². The number of hydrogen-bond acceptors (Lipinski definition) is 4. The number of halogens is 2. The fourth-order valence-electron chi connectivity index (χ4n) is 1.29. The van der Waals surface area contributed by atoms with Crippen LogP contribution in [0.4, 0.5) is 8.78 Å². The average Bonchev–Trinajstić information content (AvgIpc) is 2.65. The van der Waals surface area contributed by atoms with Crippen molar-refractivity contribution in [3.8, 4) is 11.5 Å². The molecule has 0 spiro atoms. The van der Waals surface area contributed by atoms with Gasteiger partial charge in [-0.05, 0) is 26.0 Å². The Hall–Kier alpha value is -1.82. The van der Waals surface area contributed by atoms with E-state index in [1.807, 2.05) is 0 Å². The van der Waals surface area contributed by atoms with Crippen molar-refractivity contribution in [3.05, 3.63) is 35.7 Å². The summed E-state index contributed by atoms with van der Waals surface area (Å²) < 4.78 is 31.7. The summed E-state index contributed by atoms with van der Waals surface area (Å²) >= 11 is 0. The molecular formula is C11H11F2N3O. The molecule has 1 aromatic heterocycles. The molecule has 0 radical (unpaired) electrons. The van der Waals surface area contributed by atoms with Crippen LogP contribution in [0.25, 0.3) is 11.5 Å². The average molecular weight is 239 g/mol. The van der Waals surface area contributed by atoms with Gasteiger partial charge in [0, 0.05) is 0 Å². The molecule has 0 unspecified atom stereocenters. The molecule has 0 saturated carbocycles. The van der Waals surface area contributed by atoms with Crippen molar-refractivity contribution in [1.29, 1.82) is 0 Å². The van der Waals surface area contributed by atoms with Gasteiger partial charge in [-0.25, -0.2) is 8.78 Å². The zero-order chi connectivity index (χ0) is 12.6. The Kier molecular flexibility index (Phi) is 2.66. The molecule has 6 heteroatoms. The highest BCUT2D eigenvalue weighted by Gasteiger charge is 2.24. The van der Waals surface area contributed by atoms with E-state index in [0.29, 0.717) is 0 Å². The second-order valence-electron chi connectivity index (χ2n) is 4.24. The maximum absolute atomic E-state index is 13.4. The number of nitrogens with zero attached hydrogens (tertiary/aromatic N) is 2. The Balaban J connectivity index is 2.51. The van der Waals surface area contributed by atoms with Gasteiger partial charge in [0.15, 0.2) is 5.82 Å². The molecule has 17 heavy (non-hydrogen) atoms. The molecule has 0 fully saturated rings. The zero-order valence-electron chi connectivity index (χ0n) is 9.37. The molecule has 0 bridgehead atoms. The van der Waals surface area contributed by atoms with Gasteiger partial charge in [-0.2, -0.15) is 4.98 Å². The number of aromatic nitrogens is 2. The van der Waals surface area contributed by atoms with Crippen molar-refractivity contribution in [1.82, 2.24) is 10.1 Å². The van der Waals surface area contributed by atoms with Gasteiger partial charge in [-0.3, -0.25) is 0 Å². The van der Waals surface area contributed by atoms with Crippen LogP contribution in [-0.4, -0.2) is 10.1 Å². The smallest absolute Gasteiger partial charge is 0.263 e. The number of rotatable bonds is 2. The summed E-state index contributed by atoms with van der Waals surface area (Å²) in [6.07, 6.45) is 0. The van der Waals surface area contributed by atoms with Gasteiger partial charge in [-0.15, -0.1) is 0 Å². The van der Waals surface area contributed by atoms with Crippen LogP contribution in [0.3, 0.4) is 0 Å². The Labute approximate surface area is 96.4 Å². The zero-order valence-corrected chi connectivity index (χ0v) is 9.37. The van der Waals surface area contributed by atoms with Crippen molar-refractivity contribution < 1.29 is 13.3 Å². The van der Waals surface area contributed by atoms with E-state index >= 15 is 0 Å². The van der Waals surface area contributed by atoms with Gasteiger partial charge >= 0.3 is 0 Å². The largest absolute Gasteiger partial charge is 0.334 e. The lowest BCUT2D eigenvalue weighted by atomic mass is 10.1. The Bertz CT molecular complexity index is 526. The highest BCUT2D eigenvalue weighted by Crippen LogP contribution is 2.25. The monoisotopic (exact) mass is 239 g/mol. The second-order valence-corrected chi connectivity index (χ2v) is 4.24. The fourth-order valence-corrected chi connectivity index (χ4v) is 1.29. The summed E-state index contributed by atoms with van der Waals surface area (Å²) in [7, 11) is 0. The topological polar surface area (TPSA) is 64.9 Å². The number of hydrogen-bond donors (Lipinski definition) is 1. The molecular weight excluding hydrogens is 228 g/mol. The molecule has 4 nitrogen and oxygen atoms in total. The van der Waals surface area contributed by atoms with Crippen molar-refractivity contribution in [2.24, 2.45) is 5.73 Å². The van der Waals surface area contributed by atoms with Crippen LogP contribution in [0.1, 0.15) is 19.7 Å². The van der Waals surface area contributed by atoms with Crippen LogP contribution >= 0.6 is 0 Å². The lowest BCUT2D eigenvalue weighted by Gasteiger charge is -2.11. The van der Waals surface area contributed by atoms with E-state index in [1.54, 1.807) is 13.8 Å². The Morgan fingerprint density at radius 2 is 1.82 bits per heavy atom. The van der Waals surface area contributed by atoms with Gasteiger partial charge < -0.3 is 10.3 Å². The summed E-state index contributed by atoms with van der Waals surface area (Å²) in [6, 6.07) is 3.50. The van der Waals surface area contributed by atoms with Crippen LogP contribution in [0.2, 0.25) is 0 Å². The molecule has 0 atom stereocenters. The molecule has 90 valence electrons. The summed E-state index contributed by atoms with van der Waals surface area (Å²) in [4.78, 5) is 3.89. The summed E-state index contributed by atoms with van der Waals surface area (Å²) in [5, 5.41) is 3.60. The maximum Gasteiger partial charge on any atom is 0.263 e. The molecule has 0 aliphatic rings. The van der Waals surface area contributed by atoms with Crippen LogP contribution in [0, 0.1) is 11.6 Å². The van der Waals surface area contributed by atoms with E-state index in [9.17, 15) is 8.78 Å². The van der Waals surface area contributed by atoms with Gasteiger partial charge in [-0.1, -0.05) is 11.2 Å². The maximum atomic E-state index is 13.4. The minimum absolute atomic E-state index is 0.190. The third-order valence-corrected chi connectivity index (χ3v) is 2.18. The first-order valence-electron chi connectivity index (χ1n) is 4.97. The minimum Gasteiger partial charge on any atom is -0.334 e. The van der Waals surface area contributed by atoms with E-state index in [1.165, 1.54) is 6.07 Å². The van der Waals surface area contributed by atoms with E-state index in [4.69, 9.17) is 10.3 Å². The van der Waals surface area contributed by atoms with Crippen molar-refractivity contribution in [2.75, 3.05) is 0 Å². The van der Waals surface area contributed by atoms with E-state index in [0.717, 1.165) is 12.1 Å². The fraction of sp³-hybridized carbons (Fsp3) is 0.273. The van der Waals surface area contributed by atoms with E-state index < -0.39 is 17.2 Å². The SMILES string of the molecule is CC(C)(N)c1noc(-c2c(F)cccc2F)n1. The second kappa shape index (κ2) is 3.89. The molecule has 0 aliphatic carbocycles. The third kappa shape index (κ3) is 2.16. The lowest BCUT2D eigenvalue weighted by molar-refractivity contribution is 0.394. The molecule has 0 amide bonds. The van der Waals surface area contributed by atoms with Crippen molar-refractivity contribution in [3.63, 3.8) is 0 Å². The summed E-state index contributed by atoms with van der Waals surface area (Å²) in [6.45, 7) is 3.33. The first-order valence-corrected chi connectivity index (χ1v) is 4.97. The Morgan fingerprint density at radius 1 is 1.24 bits per heavy atom. The quantitative estimate of drug-likeness (QED) is 0.872. The lowest BCUT2D eigenvalue weighted by Crippen LogP contribution is -2.30. The van der Waals surface area contributed by atoms with Crippen molar-refractivity contribution in [2.45, 2.75) is 19.4 Å². The molecule has 0 saturated heterocycles. The first kappa shape index (κ1) is 11.7. The summed E-state index contributed by atoms with van der Waals surface area (Å²) in [5.74, 6) is -1.53. The summed E-state index contributed by atoms with van der Waals surface area (Å²) in [5.41, 5.74) is 4.58. The molecule has 0 aliphatic heterocycles. The van der Waals surface area contributed by atoms with Crippen molar-refractivity contribution >= 4 is 0 Å². The predicted octanol–water partition coefficient (Wildman–Crippen LogP) is 2.21. The van der Waals surface area contributed by atoms with E-state index in [2.05, 4.69) is 10.1 Å². The number of nitrogens with two attached hydrogens (primary N) is 1. The van der Waals surface area contributed by atoms with Crippen LogP contribution in [-0.2, 0) is 5.54 Å². The van der Waals surface area contributed by atoms with Gasteiger partial charge in [0.1, 0.15) is 17.2 Å². The minimum atomic E-state index is -0.830. The van der Waals surface area contributed by atoms with Crippen LogP contribution < -0.4 is 5.73 Å². The van der Waals surface area contributed by atoms with Crippen LogP contribution in [0.5, 0.6) is 0 Å². The van der Waals surface area contributed by atoms with Gasteiger partial charge in [0.25, 0.3) is 5.89 Å². The third-order valence-electron chi connectivity index (χ3n) is 2.18. The Morgan fingerprint density at radius 3 is 2.29 bits per heavy atom. The van der Waals surface area contributed by atoms with Gasteiger partial charge in [0.05, 0.1) is 5.54 Å². The normalized spacial score (nSPS) is 11.8. The predicted molar refractivity (Wildman–Crippen MR) is 56.9 cm³/mol. The van der Waals surface area contributed by atoms with Gasteiger partial charge in [0.2, 0.25) is 0 Å². The molecule has 2 N–H and O–H groups in total. The highest BCUT2D eigenvalue weighted by molar-refractivity contribution is 5.54. The standard InChI is InChI=1S/C11H11F2N3O/c1-11(2,14)10-15-9(17-16-10)8-6(12)4-3-5-7(8)13/h3-5H,14H2,1-2H3. The molecule has 1 heterocycles.